The molecule has 3 fully saturated rings. The van der Waals surface area contributed by atoms with Crippen LogP contribution in [0.15, 0.2) is 0 Å². The van der Waals surface area contributed by atoms with Crippen LogP contribution in [-0.4, -0.2) is 12.6 Å². The zero-order valence-electron chi connectivity index (χ0n) is 9.39. The van der Waals surface area contributed by atoms with Crippen LogP contribution in [0.2, 0.25) is 0 Å². The molecule has 0 aromatic rings. The lowest BCUT2D eigenvalue weighted by Crippen LogP contribution is -2.37. The molecule has 0 aromatic carbocycles. The van der Waals surface area contributed by atoms with Crippen LogP contribution < -0.4 is 5.32 Å². The van der Waals surface area contributed by atoms with E-state index in [1.807, 2.05) is 0 Å². The summed E-state index contributed by atoms with van der Waals surface area (Å²) in [7, 11) is 0. The molecule has 0 atom stereocenters. The van der Waals surface area contributed by atoms with Crippen LogP contribution >= 0.6 is 0 Å². The van der Waals surface area contributed by atoms with Gasteiger partial charge in [-0.05, 0) is 62.2 Å². The minimum atomic E-state index is 0.738. The summed E-state index contributed by atoms with van der Waals surface area (Å²) < 4.78 is 0. The van der Waals surface area contributed by atoms with Crippen LogP contribution in [-0.2, 0) is 0 Å². The summed E-state index contributed by atoms with van der Waals surface area (Å²) in [4.78, 5) is 0. The Morgan fingerprint density at radius 1 is 1.14 bits per heavy atom. The molecular weight excluding hydrogens is 170 g/mol. The van der Waals surface area contributed by atoms with E-state index in [2.05, 4.69) is 12.2 Å². The summed E-state index contributed by atoms with van der Waals surface area (Å²) in [6.45, 7) is 3.68. The van der Waals surface area contributed by atoms with E-state index in [0.717, 1.165) is 23.3 Å². The Balaban J connectivity index is 1.49. The van der Waals surface area contributed by atoms with Crippen molar-refractivity contribution in [2.24, 2.45) is 17.3 Å². The first-order chi connectivity index (χ1) is 6.83. The lowest BCUT2D eigenvalue weighted by molar-refractivity contribution is 0.354. The standard InChI is InChI=1S/C13H23N/c1-2-13(7-8-13)9-14-12(10-3-4-10)11-5-6-11/h10-12,14H,2-9H2,1H3. The van der Waals surface area contributed by atoms with Crippen molar-refractivity contribution in [3.05, 3.63) is 0 Å². The molecule has 3 aliphatic carbocycles. The summed E-state index contributed by atoms with van der Waals surface area (Å²) in [5.74, 6) is 2.13. The second-order valence-corrected chi connectivity index (χ2v) is 5.94. The van der Waals surface area contributed by atoms with Crippen molar-refractivity contribution in [2.45, 2.75) is 57.9 Å². The second-order valence-electron chi connectivity index (χ2n) is 5.94. The molecular formula is C13H23N. The van der Waals surface area contributed by atoms with Gasteiger partial charge in [-0.1, -0.05) is 6.92 Å². The smallest absolute Gasteiger partial charge is 0.0124 e. The van der Waals surface area contributed by atoms with Crippen molar-refractivity contribution in [1.82, 2.24) is 5.32 Å². The van der Waals surface area contributed by atoms with E-state index in [4.69, 9.17) is 0 Å². The van der Waals surface area contributed by atoms with Crippen molar-refractivity contribution in [3.63, 3.8) is 0 Å². The molecule has 0 bridgehead atoms. The predicted molar refractivity (Wildman–Crippen MR) is 59.2 cm³/mol. The van der Waals surface area contributed by atoms with Crippen molar-refractivity contribution in [3.8, 4) is 0 Å². The molecule has 14 heavy (non-hydrogen) atoms. The second kappa shape index (κ2) is 3.23. The van der Waals surface area contributed by atoms with E-state index in [-0.39, 0.29) is 0 Å². The minimum Gasteiger partial charge on any atom is -0.313 e. The summed E-state index contributed by atoms with van der Waals surface area (Å²) in [5.41, 5.74) is 0.738. The minimum absolute atomic E-state index is 0.738. The average molecular weight is 193 g/mol. The monoisotopic (exact) mass is 193 g/mol. The van der Waals surface area contributed by atoms with Gasteiger partial charge in [-0.15, -0.1) is 0 Å². The first kappa shape index (κ1) is 9.21. The van der Waals surface area contributed by atoms with Crippen molar-refractivity contribution >= 4 is 0 Å². The van der Waals surface area contributed by atoms with Crippen molar-refractivity contribution < 1.29 is 0 Å². The van der Waals surface area contributed by atoms with Gasteiger partial charge in [0.15, 0.2) is 0 Å². The third-order valence-corrected chi connectivity index (χ3v) is 4.68. The molecule has 80 valence electrons. The molecule has 1 N–H and O–H groups in total. The van der Waals surface area contributed by atoms with Gasteiger partial charge in [0.25, 0.3) is 0 Å². The van der Waals surface area contributed by atoms with Gasteiger partial charge >= 0.3 is 0 Å². The molecule has 1 nitrogen and oxygen atoms in total. The molecule has 0 aliphatic heterocycles. The number of hydrogen-bond donors (Lipinski definition) is 1. The Morgan fingerprint density at radius 3 is 2.07 bits per heavy atom. The van der Waals surface area contributed by atoms with E-state index < -0.39 is 0 Å². The van der Waals surface area contributed by atoms with Crippen LogP contribution in [0.25, 0.3) is 0 Å². The predicted octanol–water partition coefficient (Wildman–Crippen LogP) is 2.95. The van der Waals surface area contributed by atoms with Crippen LogP contribution in [0.1, 0.15) is 51.9 Å². The van der Waals surface area contributed by atoms with Gasteiger partial charge < -0.3 is 5.32 Å². The van der Waals surface area contributed by atoms with E-state index >= 15 is 0 Å². The Kier molecular flexibility index (Phi) is 2.12. The summed E-state index contributed by atoms with van der Waals surface area (Å²) in [6.07, 6.45) is 10.4. The first-order valence-electron chi connectivity index (χ1n) is 6.56. The fourth-order valence-corrected chi connectivity index (χ4v) is 2.80. The van der Waals surface area contributed by atoms with Crippen molar-refractivity contribution in [2.75, 3.05) is 6.54 Å². The molecule has 3 rings (SSSR count). The quantitative estimate of drug-likeness (QED) is 0.684. The van der Waals surface area contributed by atoms with E-state index in [9.17, 15) is 0 Å². The summed E-state index contributed by atoms with van der Waals surface area (Å²) in [5, 5.41) is 3.90. The number of rotatable bonds is 6. The molecule has 0 radical (unpaired) electrons. The fourth-order valence-electron chi connectivity index (χ4n) is 2.80. The first-order valence-corrected chi connectivity index (χ1v) is 6.56. The topological polar surface area (TPSA) is 12.0 Å². The van der Waals surface area contributed by atoms with Crippen LogP contribution in [0.3, 0.4) is 0 Å². The average Bonchev–Trinajstić information content (AvgIpc) is 3.03. The molecule has 0 spiro atoms. The molecule has 3 aliphatic rings. The molecule has 1 heteroatoms. The maximum Gasteiger partial charge on any atom is 0.0124 e. The summed E-state index contributed by atoms with van der Waals surface area (Å²) in [6, 6.07) is 0.916. The Labute approximate surface area is 87.7 Å². The van der Waals surface area contributed by atoms with Crippen LogP contribution in [0, 0.1) is 17.3 Å². The molecule has 0 aromatic heterocycles. The third kappa shape index (κ3) is 1.84. The molecule has 0 unspecified atom stereocenters. The normalized spacial score (nSPS) is 29.6. The largest absolute Gasteiger partial charge is 0.313 e. The maximum absolute atomic E-state index is 3.90. The maximum atomic E-state index is 3.90. The third-order valence-electron chi connectivity index (χ3n) is 4.68. The molecule has 0 saturated heterocycles. The van der Waals surface area contributed by atoms with Crippen molar-refractivity contribution in [1.29, 1.82) is 0 Å². The lowest BCUT2D eigenvalue weighted by Gasteiger charge is -2.21. The summed E-state index contributed by atoms with van der Waals surface area (Å²) >= 11 is 0. The highest BCUT2D eigenvalue weighted by Crippen LogP contribution is 2.49. The molecule has 0 heterocycles. The van der Waals surface area contributed by atoms with Crippen LogP contribution in [0.5, 0.6) is 0 Å². The molecule has 3 saturated carbocycles. The number of nitrogens with one attached hydrogen (secondary N) is 1. The van der Waals surface area contributed by atoms with Gasteiger partial charge in [-0.3, -0.25) is 0 Å². The zero-order valence-corrected chi connectivity index (χ0v) is 9.39. The SMILES string of the molecule is CCC1(CNC(C2CC2)C2CC2)CC1. The Hall–Kier alpha value is -0.0400. The van der Waals surface area contributed by atoms with Crippen LogP contribution in [0.4, 0.5) is 0 Å². The number of hydrogen-bond acceptors (Lipinski definition) is 1. The van der Waals surface area contributed by atoms with E-state index in [1.54, 1.807) is 0 Å². The highest BCUT2D eigenvalue weighted by molar-refractivity contribution is 5.00. The van der Waals surface area contributed by atoms with E-state index in [0.29, 0.717) is 0 Å². The van der Waals surface area contributed by atoms with Gasteiger partial charge in [-0.2, -0.15) is 0 Å². The Bertz CT molecular complexity index is 199. The highest BCUT2D eigenvalue weighted by Gasteiger charge is 2.45. The van der Waals surface area contributed by atoms with Gasteiger partial charge in [0, 0.05) is 12.6 Å². The van der Waals surface area contributed by atoms with Gasteiger partial charge in [-0.25, -0.2) is 0 Å². The Morgan fingerprint density at radius 2 is 1.71 bits per heavy atom. The lowest BCUT2D eigenvalue weighted by atomic mass is 10.0. The zero-order chi connectivity index (χ0) is 9.60. The van der Waals surface area contributed by atoms with Gasteiger partial charge in [0.05, 0.1) is 0 Å². The highest BCUT2D eigenvalue weighted by atomic mass is 15.0. The van der Waals surface area contributed by atoms with Gasteiger partial charge in [0.1, 0.15) is 0 Å². The van der Waals surface area contributed by atoms with E-state index in [1.165, 1.54) is 51.5 Å². The van der Waals surface area contributed by atoms with Gasteiger partial charge in [0.2, 0.25) is 0 Å². The fraction of sp³-hybridized carbons (Fsp3) is 1.00. The molecule has 0 amide bonds.